The highest BCUT2D eigenvalue weighted by molar-refractivity contribution is 7.39. The van der Waals surface area contributed by atoms with Crippen molar-refractivity contribution in [3.05, 3.63) is 0 Å². The van der Waals surface area contributed by atoms with Gasteiger partial charge in [-0.2, -0.15) is 9.79 Å². The zero-order valence-corrected chi connectivity index (χ0v) is 19.4. The molecule has 3 unspecified atom stereocenters. The number of aliphatic hydroxyl groups excluding tert-OH is 1. The van der Waals surface area contributed by atoms with Crippen molar-refractivity contribution in [2.75, 3.05) is 19.4 Å². The van der Waals surface area contributed by atoms with Crippen LogP contribution in [-0.2, 0) is 47.3 Å². The molecule has 0 radical (unpaired) electrons. The topological polar surface area (TPSA) is 244 Å². The molecule has 0 aromatic carbocycles. The van der Waals surface area contributed by atoms with Gasteiger partial charge in [0.25, 0.3) is 24.1 Å². The molecule has 186 valence electrons. The van der Waals surface area contributed by atoms with E-state index in [9.17, 15) is 38.5 Å². The number of amides is 2. The Hall–Kier alpha value is -2.16. The monoisotopic (exact) mass is 518 g/mol. The third-order valence-electron chi connectivity index (χ3n) is 4.04. The van der Waals surface area contributed by atoms with Crippen molar-refractivity contribution in [3.63, 3.8) is 0 Å². The molecule has 1 rings (SSSR count). The second-order valence-electron chi connectivity index (χ2n) is 6.67. The van der Waals surface area contributed by atoms with Gasteiger partial charge in [-0.05, 0) is 9.13 Å². The van der Waals surface area contributed by atoms with Crippen LogP contribution in [-0.4, -0.2) is 99.7 Å². The summed E-state index contributed by atoms with van der Waals surface area (Å²) in [5, 5.41) is 25.6. The maximum atomic E-state index is 12.2. The fourth-order valence-corrected chi connectivity index (χ4v) is 3.60. The van der Waals surface area contributed by atoms with Crippen molar-refractivity contribution >= 4 is 39.8 Å². The lowest BCUT2D eigenvalue weighted by Crippen LogP contribution is -2.77. The van der Waals surface area contributed by atoms with E-state index >= 15 is 0 Å². The molecule has 33 heavy (non-hydrogen) atoms. The lowest BCUT2D eigenvalue weighted by Gasteiger charge is -2.50. The Morgan fingerprint density at radius 2 is 1.48 bits per heavy atom. The summed E-state index contributed by atoms with van der Waals surface area (Å²) >= 11 is 0. The van der Waals surface area contributed by atoms with Gasteiger partial charge in [0, 0.05) is 21.0 Å². The molecule has 18 heteroatoms. The average Bonchev–Trinajstić information content (AvgIpc) is 2.63. The molecule has 8 atom stereocenters. The Morgan fingerprint density at radius 1 is 1.00 bits per heavy atom. The van der Waals surface area contributed by atoms with Crippen molar-refractivity contribution in [1.29, 1.82) is 0 Å². The molecular formula is C15H24N2O14P2+2. The van der Waals surface area contributed by atoms with Crippen LogP contribution in [0, 0.1) is 0 Å². The van der Waals surface area contributed by atoms with Crippen molar-refractivity contribution in [1.82, 2.24) is 10.6 Å². The average molecular weight is 518 g/mol. The van der Waals surface area contributed by atoms with Gasteiger partial charge in [-0.25, -0.2) is 0 Å². The van der Waals surface area contributed by atoms with Gasteiger partial charge in [0.15, 0.2) is 18.6 Å². The maximum absolute atomic E-state index is 12.2. The number of methoxy groups -OCH3 is 1. The summed E-state index contributed by atoms with van der Waals surface area (Å²) in [4.78, 5) is 65.1. The van der Waals surface area contributed by atoms with Crippen LogP contribution in [0.15, 0.2) is 0 Å². The van der Waals surface area contributed by atoms with Crippen molar-refractivity contribution in [3.8, 4) is 0 Å². The van der Waals surface area contributed by atoms with Gasteiger partial charge in [-0.3, -0.25) is 19.2 Å². The zero-order chi connectivity index (χ0) is 25.5. The predicted molar refractivity (Wildman–Crippen MR) is 103 cm³/mol. The van der Waals surface area contributed by atoms with Crippen molar-refractivity contribution in [2.45, 2.75) is 50.4 Å². The van der Waals surface area contributed by atoms with E-state index < -0.39 is 88.7 Å². The molecule has 1 saturated heterocycles. The van der Waals surface area contributed by atoms with E-state index in [0.29, 0.717) is 0 Å². The summed E-state index contributed by atoms with van der Waals surface area (Å²) in [6.07, 6.45) is -11.7. The van der Waals surface area contributed by atoms with E-state index in [-0.39, 0.29) is 0 Å². The molecule has 0 aromatic rings. The molecule has 0 aliphatic carbocycles. The first kappa shape index (κ1) is 28.9. The standard InChI is InChI=1S/C15H22N2O14P2/c1-6(18)29-11-10(13(22)16-8(20)4-32(24)25)31-14(28-3)12(30-7(2)19)15(11,23)17-9(21)5-33(26)27/h10-14,22-23H,4-5H2,1-3H3,(H2-2,16,17,20,21,24,25,26,27)/p+2/t10-,11+,12+,13?,14-,15-/m0/s1. The van der Waals surface area contributed by atoms with Crippen LogP contribution in [0.3, 0.4) is 0 Å². The van der Waals surface area contributed by atoms with E-state index in [2.05, 4.69) is 0 Å². The van der Waals surface area contributed by atoms with Crippen LogP contribution in [0.25, 0.3) is 0 Å². The number of rotatable bonds is 10. The van der Waals surface area contributed by atoms with Crippen LogP contribution in [0.4, 0.5) is 0 Å². The van der Waals surface area contributed by atoms with Crippen LogP contribution in [0.5, 0.6) is 0 Å². The fourth-order valence-electron chi connectivity index (χ4n) is 2.94. The summed E-state index contributed by atoms with van der Waals surface area (Å²) in [5.41, 5.74) is -2.91. The first-order chi connectivity index (χ1) is 15.2. The summed E-state index contributed by atoms with van der Waals surface area (Å²) in [6.45, 7) is 1.81. The van der Waals surface area contributed by atoms with E-state index in [0.717, 1.165) is 21.0 Å². The third-order valence-corrected chi connectivity index (χ3v) is 5.16. The number of ether oxygens (including phenoxy) is 4. The quantitative estimate of drug-likeness (QED) is 0.0955. The Kier molecular flexibility index (Phi) is 10.8. The molecule has 0 saturated carbocycles. The number of aliphatic hydroxyl groups is 2. The Balaban J connectivity index is 3.48. The van der Waals surface area contributed by atoms with Gasteiger partial charge in [0.2, 0.25) is 11.8 Å². The second kappa shape index (κ2) is 12.3. The molecule has 2 amide bonds. The van der Waals surface area contributed by atoms with Gasteiger partial charge in [-0.1, -0.05) is 0 Å². The number of carbonyl (C=O) groups excluding carboxylic acids is 4. The number of hydrogen-bond donors (Lipinski definition) is 6. The predicted octanol–water partition coefficient (Wildman–Crippen LogP) is -3.07. The Morgan fingerprint density at radius 3 is 1.94 bits per heavy atom. The van der Waals surface area contributed by atoms with E-state index in [1.54, 1.807) is 0 Å². The largest absolute Gasteiger partial charge is 0.515 e. The molecule has 0 bridgehead atoms. The lowest BCUT2D eigenvalue weighted by molar-refractivity contribution is -0.344. The van der Waals surface area contributed by atoms with Gasteiger partial charge >= 0.3 is 28.0 Å². The van der Waals surface area contributed by atoms with Crippen LogP contribution < -0.4 is 10.6 Å². The molecule has 6 N–H and O–H groups in total. The highest BCUT2D eigenvalue weighted by Crippen LogP contribution is 2.34. The SMILES string of the molecule is CO[C@H]1O[C@H](C(O)NC(=O)C[P+](=O)O)[C@@H](OC(C)=O)[C@@](O)(NC(=O)C[P+](=O)O)[C@@H]1OC(C)=O. The first-order valence-corrected chi connectivity index (χ1v) is 11.8. The molecule has 1 heterocycles. The van der Waals surface area contributed by atoms with Gasteiger partial charge < -0.3 is 39.8 Å². The number of esters is 2. The molecule has 1 fully saturated rings. The Labute approximate surface area is 188 Å². The summed E-state index contributed by atoms with van der Waals surface area (Å²) in [5.74, 6) is -4.46. The van der Waals surface area contributed by atoms with E-state index in [1.165, 1.54) is 0 Å². The molecule has 0 aromatic heterocycles. The zero-order valence-electron chi connectivity index (χ0n) is 17.6. The number of carbonyl (C=O) groups is 4. The highest BCUT2D eigenvalue weighted by Gasteiger charge is 2.63. The summed E-state index contributed by atoms with van der Waals surface area (Å²) < 4.78 is 42.2. The minimum absolute atomic E-state index is 0.883. The molecule has 1 aliphatic heterocycles. The second-order valence-corrected chi connectivity index (χ2v) is 8.71. The molecular weight excluding hydrogens is 494 g/mol. The highest BCUT2D eigenvalue weighted by atomic mass is 31.1. The lowest BCUT2D eigenvalue weighted by atomic mass is 9.90. The number of hydrogen-bond acceptors (Lipinski definition) is 12. The molecule has 1 aliphatic rings. The summed E-state index contributed by atoms with van der Waals surface area (Å²) in [6, 6.07) is 0. The van der Waals surface area contributed by atoms with Crippen LogP contribution >= 0.6 is 16.1 Å². The summed E-state index contributed by atoms with van der Waals surface area (Å²) in [7, 11) is -4.91. The van der Waals surface area contributed by atoms with Crippen molar-refractivity contribution < 1.29 is 67.3 Å². The van der Waals surface area contributed by atoms with Crippen molar-refractivity contribution in [2.24, 2.45) is 0 Å². The van der Waals surface area contributed by atoms with Crippen LogP contribution in [0.2, 0.25) is 0 Å². The number of nitrogens with one attached hydrogen (secondary N) is 2. The van der Waals surface area contributed by atoms with Gasteiger partial charge in [-0.15, -0.1) is 0 Å². The Bertz CT molecular complexity index is 809. The normalized spacial score (nSPS) is 28.7. The van der Waals surface area contributed by atoms with Gasteiger partial charge in [0.1, 0.15) is 6.10 Å². The van der Waals surface area contributed by atoms with Crippen LogP contribution in [0.1, 0.15) is 13.8 Å². The maximum Gasteiger partial charge on any atom is 0.515 e. The fraction of sp³-hybridized carbons (Fsp3) is 0.733. The molecule has 0 spiro atoms. The van der Waals surface area contributed by atoms with Gasteiger partial charge in [0.05, 0.1) is 0 Å². The minimum atomic E-state index is -3.02. The minimum Gasteiger partial charge on any atom is -0.454 e. The molecule has 16 nitrogen and oxygen atoms in total. The van der Waals surface area contributed by atoms with E-state index in [4.69, 9.17) is 28.7 Å². The van der Waals surface area contributed by atoms with E-state index in [1.807, 2.05) is 10.6 Å². The smallest absolute Gasteiger partial charge is 0.454 e. The third kappa shape index (κ3) is 8.28. The first-order valence-electron chi connectivity index (χ1n) is 9.01.